The van der Waals surface area contributed by atoms with Crippen molar-refractivity contribution in [2.24, 2.45) is 0 Å². The van der Waals surface area contributed by atoms with Gasteiger partial charge in [0.1, 0.15) is 18.8 Å². The third kappa shape index (κ3) is 2.95. The largest absolute Gasteiger partial charge is 0.486 e. The van der Waals surface area contributed by atoms with Crippen molar-refractivity contribution < 1.29 is 14.3 Å². The third-order valence-corrected chi connectivity index (χ3v) is 3.36. The topological polar surface area (TPSA) is 80.4 Å². The number of amides is 1. The fourth-order valence-corrected chi connectivity index (χ4v) is 2.23. The number of carbonyl (C=O) groups excluding carboxylic acids is 1. The fourth-order valence-electron chi connectivity index (χ4n) is 2.23. The predicted octanol–water partition coefficient (Wildman–Crippen LogP) is 1.38. The molecule has 1 amide bonds. The van der Waals surface area contributed by atoms with E-state index in [-0.39, 0.29) is 11.1 Å². The number of H-pyrrole nitrogens is 1. The van der Waals surface area contributed by atoms with Gasteiger partial charge >= 0.3 is 0 Å². The van der Waals surface area contributed by atoms with E-state index in [1.54, 1.807) is 13.0 Å². The van der Waals surface area contributed by atoms with Crippen molar-refractivity contribution in [3.05, 3.63) is 57.5 Å². The fraction of sp³-hybridized carbons (Fsp3) is 0.250. The molecule has 0 spiro atoms. The lowest BCUT2D eigenvalue weighted by Gasteiger charge is -2.18. The molecule has 0 aliphatic carbocycles. The average Bonchev–Trinajstić information content (AvgIpc) is 2.52. The highest BCUT2D eigenvalue weighted by Gasteiger charge is 2.13. The lowest BCUT2D eigenvalue weighted by Crippen LogP contribution is -2.29. The Morgan fingerprint density at radius 3 is 2.73 bits per heavy atom. The lowest BCUT2D eigenvalue weighted by molar-refractivity contribution is 0.0949. The first-order valence-corrected chi connectivity index (χ1v) is 7.00. The molecule has 1 aliphatic heterocycles. The van der Waals surface area contributed by atoms with Crippen LogP contribution in [0.5, 0.6) is 11.5 Å². The molecular formula is C16H16N2O4. The number of nitrogens with one attached hydrogen (secondary N) is 2. The summed E-state index contributed by atoms with van der Waals surface area (Å²) < 4.78 is 10.9. The number of pyridine rings is 1. The Morgan fingerprint density at radius 2 is 1.95 bits per heavy atom. The highest BCUT2D eigenvalue weighted by atomic mass is 16.6. The summed E-state index contributed by atoms with van der Waals surface area (Å²) in [4.78, 5) is 26.4. The van der Waals surface area contributed by atoms with E-state index in [4.69, 9.17) is 9.47 Å². The molecule has 0 radical (unpaired) electrons. The van der Waals surface area contributed by atoms with Crippen LogP contribution < -0.4 is 20.3 Å². The van der Waals surface area contributed by atoms with Gasteiger partial charge < -0.3 is 19.8 Å². The highest BCUT2D eigenvalue weighted by Crippen LogP contribution is 2.30. The maximum atomic E-state index is 12.1. The van der Waals surface area contributed by atoms with Crippen LogP contribution in [-0.2, 0) is 6.54 Å². The standard InChI is InChI=1S/C16H16N2O4/c1-10-2-4-12(16(20)18-10)15(19)17-9-11-3-5-13-14(8-11)22-7-6-21-13/h2-5,8H,6-7,9H2,1H3,(H,17,19)(H,18,20). The molecule has 114 valence electrons. The molecule has 6 nitrogen and oxygen atoms in total. The van der Waals surface area contributed by atoms with Gasteiger partial charge in [-0.25, -0.2) is 0 Å². The van der Waals surface area contributed by atoms with Gasteiger partial charge in [-0.2, -0.15) is 0 Å². The van der Waals surface area contributed by atoms with Gasteiger partial charge in [0.2, 0.25) is 0 Å². The Bertz CT molecular complexity index is 767. The summed E-state index contributed by atoms with van der Waals surface area (Å²) in [5.74, 6) is 0.971. The summed E-state index contributed by atoms with van der Waals surface area (Å²) in [6.45, 7) is 3.13. The van der Waals surface area contributed by atoms with Gasteiger partial charge in [-0.1, -0.05) is 6.07 Å². The van der Waals surface area contributed by atoms with Crippen LogP contribution in [0.4, 0.5) is 0 Å². The van der Waals surface area contributed by atoms with Crippen LogP contribution in [0, 0.1) is 6.92 Å². The van der Waals surface area contributed by atoms with Gasteiger partial charge in [0.15, 0.2) is 11.5 Å². The second-order valence-corrected chi connectivity index (χ2v) is 5.04. The summed E-state index contributed by atoms with van der Waals surface area (Å²) in [5, 5.41) is 2.73. The van der Waals surface area contributed by atoms with Crippen LogP contribution in [-0.4, -0.2) is 24.1 Å². The molecule has 2 N–H and O–H groups in total. The molecule has 0 atom stereocenters. The Hall–Kier alpha value is -2.76. The van der Waals surface area contributed by atoms with Gasteiger partial charge in [-0.05, 0) is 36.8 Å². The molecule has 1 aliphatic rings. The second-order valence-electron chi connectivity index (χ2n) is 5.04. The number of hydrogen-bond donors (Lipinski definition) is 2. The monoisotopic (exact) mass is 300 g/mol. The number of aryl methyl sites for hydroxylation is 1. The maximum Gasteiger partial charge on any atom is 0.260 e. The number of rotatable bonds is 3. The zero-order valence-corrected chi connectivity index (χ0v) is 12.1. The van der Waals surface area contributed by atoms with E-state index in [0.29, 0.717) is 37.0 Å². The molecule has 0 unspecified atom stereocenters. The first-order chi connectivity index (χ1) is 10.6. The van der Waals surface area contributed by atoms with E-state index >= 15 is 0 Å². The van der Waals surface area contributed by atoms with Crippen molar-refractivity contribution in [1.29, 1.82) is 0 Å². The maximum absolute atomic E-state index is 12.1. The SMILES string of the molecule is Cc1ccc(C(=O)NCc2ccc3c(c2)OCCO3)c(=O)[nH]1. The van der Waals surface area contributed by atoms with E-state index in [0.717, 1.165) is 5.56 Å². The number of fused-ring (bicyclic) bond motifs is 1. The number of hydrogen-bond acceptors (Lipinski definition) is 4. The Balaban J connectivity index is 1.69. The number of aromatic nitrogens is 1. The van der Waals surface area contributed by atoms with Gasteiger partial charge in [0.25, 0.3) is 11.5 Å². The van der Waals surface area contributed by atoms with Crippen molar-refractivity contribution in [3.8, 4) is 11.5 Å². The molecular weight excluding hydrogens is 284 g/mol. The number of benzene rings is 1. The molecule has 22 heavy (non-hydrogen) atoms. The van der Waals surface area contributed by atoms with Crippen LogP contribution >= 0.6 is 0 Å². The molecule has 3 rings (SSSR count). The van der Waals surface area contributed by atoms with Gasteiger partial charge in [-0.15, -0.1) is 0 Å². The number of ether oxygens (including phenoxy) is 2. The first kappa shape index (κ1) is 14.2. The summed E-state index contributed by atoms with van der Waals surface area (Å²) in [5.41, 5.74) is 1.30. The minimum atomic E-state index is -0.406. The van der Waals surface area contributed by atoms with Crippen molar-refractivity contribution >= 4 is 5.91 Å². The van der Waals surface area contributed by atoms with Crippen LogP contribution in [0.1, 0.15) is 21.6 Å². The summed E-state index contributed by atoms with van der Waals surface area (Å²) in [7, 11) is 0. The van der Waals surface area contributed by atoms with Gasteiger partial charge in [0, 0.05) is 12.2 Å². The average molecular weight is 300 g/mol. The quantitative estimate of drug-likeness (QED) is 0.897. The van der Waals surface area contributed by atoms with E-state index in [2.05, 4.69) is 10.3 Å². The lowest BCUT2D eigenvalue weighted by atomic mass is 10.2. The minimum absolute atomic E-state index is 0.100. The molecule has 2 aromatic rings. The van der Waals surface area contributed by atoms with Crippen molar-refractivity contribution in [3.63, 3.8) is 0 Å². The first-order valence-electron chi connectivity index (χ1n) is 7.00. The molecule has 0 saturated heterocycles. The zero-order valence-electron chi connectivity index (χ0n) is 12.1. The summed E-state index contributed by atoms with van der Waals surface area (Å²) in [6.07, 6.45) is 0. The predicted molar refractivity (Wildman–Crippen MR) is 80.4 cm³/mol. The molecule has 6 heteroatoms. The molecule has 2 heterocycles. The van der Waals surface area contributed by atoms with Crippen LogP contribution in [0.15, 0.2) is 35.1 Å². The molecule has 1 aromatic heterocycles. The smallest absolute Gasteiger partial charge is 0.260 e. The number of aromatic amines is 1. The second kappa shape index (κ2) is 5.93. The van der Waals surface area contributed by atoms with Crippen molar-refractivity contribution in [2.45, 2.75) is 13.5 Å². The van der Waals surface area contributed by atoms with Crippen molar-refractivity contribution in [2.75, 3.05) is 13.2 Å². The molecule has 1 aromatic carbocycles. The summed E-state index contributed by atoms with van der Waals surface area (Å²) >= 11 is 0. The minimum Gasteiger partial charge on any atom is -0.486 e. The van der Waals surface area contributed by atoms with E-state index in [1.165, 1.54) is 6.07 Å². The van der Waals surface area contributed by atoms with Gasteiger partial charge in [-0.3, -0.25) is 9.59 Å². The Morgan fingerprint density at radius 1 is 1.18 bits per heavy atom. The van der Waals surface area contributed by atoms with Crippen LogP contribution in [0.2, 0.25) is 0 Å². The normalized spacial score (nSPS) is 12.8. The van der Waals surface area contributed by atoms with Crippen LogP contribution in [0.3, 0.4) is 0 Å². The zero-order chi connectivity index (χ0) is 15.5. The van der Waals surface area contributed by atoms with E-state index in [1.807, 2.05) is 18.2 Å². The highest BCUT2D eigenvalue weighted by molar-refractivity contribution is 5.93. The number of carbonyl (C=O) groups is 1. The third-order valence-electron chi connectivity index (χ3n) is 3.36. The van der Waals surface area contributed by atoms with Crippen LogP contribution in [0.25, 0.3) is 0 Å². The van der Waals surface area contributed by atoms with E-state index < -0.39 is 5.91 Å². The molecule has 0 saturated carbocycles. The molecule has 0 bridgehead atoms. The Kier molecular flexibility index (Phi) is 3.82. The van der Waals surface area contributed by atoms with Crippen molar-refractivity contribution in [1.82, 2.24) is 10.3 Å². The molecule has 0 fully saturated rings. The summed E-state index contributed by atoms with van der Waals surface area (Å²) in [6, 6.07) is 8.71. The van der Waals surface area contributed by atoms with Gasteiger partial charge in [0.05, 0.1) is 0 Å². The van der Waals surface area contributed by atoms with E-state index in [9.17, 15) is 9.59 Å². The Labute approximate surface area is 127 Å².